The highest BCUT2D eigenvalue weighted by Crippen LogP contribution is 2.32. The molecule has 1 aromatic carbocycles. The Labute approximate surface area is 116 Å². The van der Waals surface area contributed by atoms with Crippen molar-refractivity contribution in [2.45, 2.75) is 6.18 Å². The van der Waals surface area contributed by atoms with Crippen molar-refractivity contribution in [3.8, 4) is 11.8 Å². The van der Waals surface area contributed by atoms with Gasteiger partial charge in [-0.3, -0.25) is 0 Å². The summed E-state index contributed by atoms with van der Waals surface area (Å²) >= 11 is 0. The van der Waals surface area contributed by atoms with Crippen LogP contribution in [0.25, 0.3) is 5.69 Å². The van der Waals surface area contributed by atoms with Gasteiger partial charge < -0.3 is 4.74 Å². The third-order valence-electron chi connectivity index (χ3n) is 2.58. The number of nitrogens with zero attached hydrogens (tertiary/aromatic N) is 4. The molecule has 1 heterocycles. The fraction of sp³-hybridized carbons (Fsp3) is 0.167. The van der Waals surface area contributed by atoms with Gasteiger partial charge in [0, 0.05) is 0 Å². The zero-order valence-electron chi connectivity index (χ0n) is 10.5. The van der Waals surface area contributed by atoms with Crippen molar-refractivity contribution in [2.24, 2.45) is 0 Å². The maximum absolute atomic E-state index is 13.0. The molecule has 9 heteroatoms. The van der Waals surface area contributed by atoms with E-state index in [9.17, 15) is 18.0 Å². The summed E-state index contributed by atoms with van der Waals surface area (Å²) < 4.78 is 43.8. The number of rotatable bonds is 2. The highest BCUT2D eigenvalue weighted by Gasteiger charge is 2.40. The topological polar surface area (TPSA) is 80.8 Å². The van der Waals surface area contributed by atoms with Crippen molar-refractivity contribution >= 4 is 5.97 Å². The number of hydrogen-bond donors (Lipinski definition) is 0. The van der Waals surface area contributed by atoms with E-state index in [1.807, 2.05) is 0 Å². The van der Waals surface area contributed by atoms with Gasteiger partial charge in [-0.2, -0.15) is 18.4 Å². The van der Waals surface area contributed by atoms with Gasteiger partial charge in [0.2, 0.25) is 0 Å². The van der Waals surface area contributed by atoms with Crippen LogP contribution in [-0.4, -0.2) is 28.1 Å². The smallest absolute Gasteiger partial charge is 0.436 e. The van der Waals surface area contributed by atoms with Crippen LogP contribution in [0.2, 0.25) is 0 Å². The van der Waals surface area contributed by atoms with Crippen molar-refractivity contribution < 1.29 is 22.7 Å². The fourth-order valence-corrected chi connectivity index (χ4v) is 1.65. The minimum absolute atomic E-state index is 0.0176. The second kappa shape index (κ2) is 5.24. The van der Waals surface area contributed by atoms with E-state index in [0.717, 1.165) is 0 Å². The molecule has 0 fully saturated rings. The van der Waals surface area contributed by atoms with Crippen molar-refractivity contribution in [2.75, 3.05) is 7.11 Å². The number of nitriles is 1. The second-order valence-electron chi connectivity index (χ2n) is 3.85. The molecule has 0 radical (unpaired) electrons. The highest BCUT2D eigenvalue weighted by atomic mass is 19.4. The Kier molecular flexibility index (Phi) is 3.62. The van der Waals surface area contributed by atoms with Gasteiger partial charge >= 0.3 is 12.1 Å². The number of halogens is 3. The summed E-state index contributed by atoms with van der Waals surface area (Å²) in [6.45, 7) is 0. The normalized spacial score (nSPS) is 11.0. The number of aromatic nitrogens is 3. The lowest BCUT2D eigenvalue weighted by Crippen LogP contribution is -2.15. The number of alkyl halides is 3. The molecule has 2 aromatic rings. The quantitative estimate of drug-likeness (QED) is 0.791. The van der Waals surface area contributed by atoms with E-state index in [-0.39, 0.29) is 11.3 Å². The number of carbonyl (C=O) groups excluding carboxylic acids is 1. The van der Waals surface area contributed by atoms with Gasteiger partial charge in [-0.1, -0.05) is 5.21 Å². The molecule has 0 saturated carbocycles. The molecule has 0 saturated heterocycles. The maximum Gasteiger partial charge on any atom is 0.436 e. The predicted molar refractivity (Wildman–Crippen MR) is 62.4 cm³/mol. The van der Waals surface area contributed by atoms with Gasteiger partial charge in [-0.25, -0.2) is 9.48 Å². The van der Waals surface area contributed by atoms with E-state index < -0.39 is 23.5 Å². The van der Waals surface area contributed by atoms with Crippen LogP contribution in [0, 0.1) is 11.3 Å². The van der Waals surface area contributed by atoms with Crippen molar-refractivity contribution in [3.05, 3.63) is 41.2 Å². The van der Waals surface area contributed by atoms with Crippen LogP contribution in [0.4, 0.5) is 13.2 Å². The molecule has 0 amide bonds. The Balaban J connectivity index is 2.51. The van der Waals surface area contributed by atoms with E-state index in [2.05, 4.69) is 15.0 Å². The summed E-state index contributed by atoms with van der Waals surface area (Å²) in [5.74, 6) is -0.617. The zero-order chi connectivity index (χ0) is 15.6. The largest absolute Gasteiger partial charge is 0.465 e. The lowest BCUT2D eigenvalue weighted by atomic mass is 10.2. The number of benzene rings is 1. The maximum atomic E-state index is 13.0. The van der Waals surface area contributed by atoms with Gasteiger partial charge in [0.05, 0.1) is 18.4 Å². The molecule has 6 nitrogen and oxygen atoms in total. The Bertz CT molecular complexity index is 714. The summed E-state index contributed by atoms with van der Waals surface area (Å²) in [4.78, 5) is 11.3. The molecule has 21 heavy (non-hydrogen) atoms. The monoisotopic (exact) mass is 296 g/mol. The summed E-state index contributed by atoms with van der Waals surface area (Å²) in [7, 11) is 1.19. The minimum atomic E-state index is -4.78. The first-order chi connectivity index (χ1) is 9.88. The van der Waals surface area contributed by atoms with Gasteiger partial charge in [0.1, 0.15) is 6.07 Å². The van der Waals surface area contributed by atoms with Crippen molar-refractivity contribution in [1.82, 2.24) is 15.0 Å². The molecule has 0 N–H and O–H groups in total. The molecule has 0 bridgehead atoms. The van der Waals surface area contributed by atoms with E-state index in [4.69, 9.17) is 5.26 Å². The summed E-state index contributed by atoms with van der Waals surface area (Å²) in [5.41, 5.74) is -1.89. The molecular formula is C12H7F3N4O2. The van der Waals surface area contributed by atoms with Gasteiger partial charge in [-0.05, 0) is 24.3 Å². The number of carbonyl (C=O) groups is 1. The number of hydrogen-bond acceptors (Lipinski definition) is 5. The van der Waals surface area contributed by atoms with Crippen molar-refractivity contribution in [1.29, 1.82) is 5.26 Å². The molecule has 0 aliphatic carbocycles. The predicted octanol–water partition coefficient (Wildman–Crippen LogP) is 1.94. The molecule has 1 aromatic heterocycles. The van der Waals surface area contributed by atoms with Crippen LogP contribution < -0.4 is 0 Å². The third kappa shape index (κ3) is 2.69. The van der Waals surface area contributed by atoms with Crippen LogP contribution in [0.15, 0.2) is 24.3 Å². The molecule has 0 aliphatic heterocycles. The van der Waals surface area contributed by atoms with Crippen LogP contribution in [0.1, 0.15) is 21.7 Å². The van der Waals surface area contributed by atoms with Crippen LogP contribution in [-0.2, 0) is 10.9 Å². The number of esters is 1. The molecule has 0 unspecified atom stereocenters. The van der Waals surface area contributed by atoms with E-state index in [1.165, 1.54) is 37.4 Å². The van der Waals surface area contributed by atoms with Gasteiger partial charge in [-0.15, -0.1) is 5.10 Å². The first-order valence-corrected chi connectivity index (χ1v) is 5.50. The van der Waals surface area contributed by atoms with E-state index in [0.29, 0.717) is 4.68 Å². The standard InChI is InChI=1S/C12H7F3N4O2/c1-21-11(20)7-2-4-8(5-3-7)19-10(12(13,14)15)9(6-16)17-18-19/h2-5H,1H3. The molecular weight excluding hydrogens is 289 g/mol. The lowest BCUT2D eigenvalue weighted by molar-refractivity contribution is -0.143. The Morgan fingerprint density at radius 1 is 1.33 bits per heavy atom. The molecule has 2 rings (SSSR count). The first kappa shape index (κ1) is 14.5. The SMILES string of the molecule is COC(=O)c1ccc(-n2nnc(C#N)c2C(F)(F)F)cc1. The molecule has 0 atom stereocenters. The second-order valence-corrected chi connectivity index (χ2v) is 3.85. The van der Waals surface area contributed by atoms with Crippen LogP contribution in [0.5, 0.6) is 0 Å². The minimum Gasteiger partial charge on any atom is -0.465 e. The number of methoxy groups -OCH3 is 1. The van der Waals surface area contributed by atoms with Crippen LogP contribution in [0.3, 0.4) is 0 Å². The van der Waals surface area contributed by atoms with Gasteiger partial charge in [0.25, 0.3) is 0 Å². The Morgan fingerprint density at radius 3 is 2.43 bits per heavy atom. The highest BCUT2D eigenvalue weighted by molar-refractivity contribution is 5.89. The van der Waals surface area contributed by atoms with Crippen LogP contribution >= 0.6 is 0 Å². The molecule has 108 valence electrons. The zero-order valence-corrected chi connectivity index (χ0v) is 10.5. The van der Waals surface area contributed by atoms with E-state index >= 15 is 0 Å². The Morgan fingerprint density at radius 2 is 1.95 bits per heavy atom. The molecule has 0 spiro atoms. The third-order valence-corrected chi connectivity index (χ3v) is 2.58. The first-order valence-electron chi connectivity index (χ1n) is 5.50. The number of ether oxygens (including phenoxy) is 1. The summed E-state index contributed by atoms with van der Waals surface area (Å²) in [6.07, 6.45) is -4.78. The average molecular weight is 296 g/mol. The molecule has 0 aliphatic rings. The average Bonchev–Trinajstić information content (AvgIpc) is 2.90. The lowest BCUT2D eigenvalue weighted by Gasteiger charge is -2.09. The fourth-order valence-electron chi connectivity index (χ4n) is 1.65. The van der Waals surface area contributed by atoms with Gasteiger partial charge in [0.15, 0.2) is 11.4 Å². The summed E-state index contributed by atoms with van der Waals surface area (Å²) in [6, 6.07) is 6.41. The summed E-state index contributed by atoms with van der Waals surface area (Å²) in [5, 5.41) is 15.2. The van der Waals surface area contributed by atoms with Crippen molar-refractivity contribution in [3.63, 3.8) is 0 Å². The Hall–Kier alpha value is -2.89. The van der Waals surface area contributed by atoms with E-state index in [1.54, 1.807) is 0 Å².